The van der Waals surface area contributed by atoms with E-state index in [1.165, 1.54) is 5.56 Å². The van der Waals surface area contributed by atoms with Crippen molar-refractivity contribution in [2.45, 2.75) is 18.4 Å². The van der Waals surface area contributed by atoms with E-state index in [0.717, 1.165) is 12.0 Å². The van der Waals surface area contributed by atoms with Crippen LogP contribution in [0.25, 0.3) is 0 Å². The monoisotopic (exact) mass is 292 g/mol. The Kier molecular flexibility index (Phi) is 2.96. The van der Waals surface area contributed by atoms with Crippen LogP contribution in [0.3, 0.4) is 0 Å². The maximum atomic E-state index is 11.4. The van der Waals surface area contributed by atoms with Crippen LogP contribution in [0.1, 0.15) is 29.5 Å². The van der Waals surface area contributed by atoms with Gasteiger partial charge in [0, 0.05) is 12.0 Å². The van der Waals surface area contributed by atoms with Crippen molar-refractivity contribution in [3.8, 4) is 0 Å². The third kappa shape index (κ3) is 1.91. The predicted octanol–water partition coefficient (Wildman–Crippen LogP) is 4.42. The van der Waals surface area contributed by atoms with E-state index in [-0.39, 0.29) is 22.6 Å². The molecule has 110 valence electrons. The van der Waals surface area contributed by atoms with Crippen LogP contribution in [-0.2, 0) is 0 Å². The summed E-state index contributed by atoms with van der Waals surface area (Å²) in [6.45, 7) is 0. The number of nitrogens with one attached hydrogen (secondary N) is 1. The quantitative estimate of drug-likeness (QED) is 0.506. The molecule has 1 N–H and O–H groups in total. The smallest absolute Gasteiger partial charge is 0.292 e. The van der Waals surface area contributed by atoms with Crippen molar-refractivity contribution in [3.63, 3.8) is 0 Å². The summed E-state index contributed by atoms with van der Waals surface area (Å²) in [4.78, 5) is 11.1. The van der Waals surface area contributed by atoms with Crippen LogP contribution >= 0.6 is 0 Å². The molecule has 0 saturated heterocycles. The van der Waals surface area contributed by atoms with Gasteiger partial charge in [-0.25, -0.2) is 0 Å². The van der Waals surface area contributed by atoms with Crippen LogP contribution in [0, 0.1) is 16.0 Å². The molecule has 4 heteroatoms. The summed E-state index contributed by atoms with van der Waals surface area (Å²) in [7, 11) is 0. The topological polar surface area (TPSA) is 55.2 Å². The van der Waals surface area contributed by atoms with Crippen molar-refractivity contribution in [1.29, 1.82) is 0 Å². The van der Waals surface area contributed by atoms with Gasteiger partial charge >= 0.3 is 0 Å². The summed E-state index contributed by atoms with van der Waals surface area (Å²) >= 11 is 0. The number of para-hydroxylation sites is 1. The lowest BCUT2D eigenvalue weighted by molar-refractivity contribution is -0.384. The Hall–Kier alpha value is -2.62. The third-order valence-electron chi connectivity index (χ3n) is 4.73. The molecule has 2 aromatic carbocycles. The molecule has 22 heavy (non-hydrogen) atoms. The molecule has 4 nitrogen and oxygen atoms in total. The van der Waals surface area contributed by atoms with Crippen LogP contribution in [0.15, 0.2) is 60.7 Å². The number of benzene rings is 2. The fraction of sp³-hybridized carbons (Fsp3) is 0.222. The minimum Gasteiger partial charge on any atom is -0.372 e. The molecule has 2 aliphatic rings. The fourth-order valence-electron chi connectivity index (χ4n) is 3.75. The Labute approximate surface area is 128 Å². The van der Waals surface area contributed by atoms with Gasteiger partial charge in [-0.15, -0.1) is 0 Å². The van der Waals surface area contributed by atoms with Gasteiger partial charge in [-0.1, -0.05) is 54.6 Å². The number of nitrogens with zero attached hydrogens (tertiary/aromatic N) is 1. The number of nitro groups is 1. The minimum absolute atomic E-state index is 0.106. The highest BCUT2D eigenvalue weighted by Crippen LogP contribution is 2.51. The minimum atomic E-state index is -0.299. The second-order valence-corrected chi connectivity index (χ2v) is 5.88. The van der Waals surface area contributed by atoms with Crippen molar-refractivity contribution >= 4 is 11.4 Å². The van der Waals surface area contributed by atoms with Gasteiger partial charge in [-0.05, 0) is 23.5 Å². The van der Waals surface area contributed by atoms with E-state index in [4.69, 9.17) is 0 Å². The number of anilines is 1. The molecule has 3 atom stereocenters. The van der Waals surface area contributed by atoms with Crippen molar-refractivity contribution in [2.75, 3.05) is 5.32 Å². The lowest BCUT2D eigenvalue weighted by atomic mass is 9.77. The van der Waals surface area contributed by atoms with Gasteiger partial charge in [-0.2, -0.15) is 0 Å². The van der Waals surface area contributed by atoms with Gasteiger partial charge in [0.2, 0.25) is 0 Å². The van der Waals surface area contributed by atoms with Gasteiger partial charge in [-0.3, -0.25) is 10.1 Å². The molecule has 1 heterocycles. The first-order valence-corrected chi connectivity index (χ1v) is 7.51. The molecule has 0 fully saturated rings. The molecule has 1 aliphatic heterocycles. The van der Waals surface area contributed by atoms with Crippen LogP contribution in [0.2, 0.25) is 0 Å². The Bertz CT molecular complexity index is 755. The fourth-order valence-corrected chi connectivity index (χ4v) is 3.75. The number of fused-ring (bicyclic) bond motifs is 3. The highest BCUT2D eigenvalue weighted by atomic mass is 16.6. The molecule has 3 unspecified atom stereocenters. The summed E-state index contributed by atoms with van der Waals surface area (Å²) < 4.78 is 0. The first-order valence-electron chi connectivity index (χ1n) is 7.51. The lowest BCUT2D eigenvalue weighted by Crippen LogP contribution is -2.29. The molecule has 0 saturated carbocycles. The molecule has 0 radical (unpaired) electrons. The molecule has 0 amide bonds. The summed E-state index contributed by atoms with van der Waals surface area (Å²) in [5.74, 6) is 0.665. The van der Waals surface area contributed by atoms with Crippen molar-refractivity contribution < 1.29 is 4.92 Å². The summed E-state index contributed by atoms with van der Waals surface area (Å²) in [6, 6.07) is 15.7. The van der Waals surface area contributed by atoms with E-state index < -0.39 is 0 Å². The molecule has 2 aromatic rings. The van der Waals surface area contributed by atoms with Crippen molar-refractivity contribution in [2.24, 2.45) is 5.92 Å². The van der Waals surface area contributed by atoms with Crippen molar-refractivity contribution in [1.82, 2.24) is 0 Å². The van der Waals surface area contributed by atoms with Gasteiger partial charge in [0.05, 0.1) is 11.0 Å². The van der Waals surface area contributed by atoms with E-state index in [1.807, 2.05) is 24.3 Å². The van der Waals surface area contributed by atoms with Crippen LogP contribution in [0.5, 0.6) is 0 Å². The SMILES string of the molecule is O=[N+]([O-])c1cccc2c1NC(c1ccccc1)C1CC=CC21. The molecular formula is C18H16N2O2. The molecular weight excluding hydrogens is 276 g/mol. The average molecular weight is 292 g/mol. The average Bonchev–Trinajstić information content (AvgIpc) is 3.04. The Morgan fingerprint density at radius 3 is 2.68 bits per heavy atom. The van der Waals surface area contributed by atoms with E-state index in [9.17, 15) is 10.1 Å². The number of rotatable bonds is 2. The zero-order chi connectivity index (χ0) is 15.1. The van der Waals surface area contributed by atoms with Gasteiger partial charge < -0.3 is 5.32 Å². The number of nitro benzene ring substituents is 1. The summed E-state index contributed by atoms with van der Waals surface area (Å²) in [5, 5.41) is 14.8. The maximum Gasteiger partial charge on any atom is 0.292 e. The highest BCUT2D eigenvalue weighted by Gasteiger charge is 2.40. The molecule has 0 spiro atoms. The first kappa shape index (κ1) is 13.1. The Morgan fingerprint density at radius 2 is 1.91 bits per heavy atom. The van der Waals surface area contributed by atoms with Crippen LogP contribution in [0.4, 0.5) is 11.4 Å². The van der Waals surface area contributed by atoms with Gasteiger partial charge in [0.15, 0.2) is 0 Å². The molecule has 1 aliphatic carbocycles. The largest absolute Gasteiger partial charge is 0.372 e. The maximum absolute atomic E-state index is 11.4. The van der Waals surface area contributed by atoms with Gasteiger partial charge in [0.25, 0.3) is 5.69 Å². The van der Waals surface area contributed by atoms with Gasteiger partial charge in [0.1, 0.15) is 5.69 Å². The number of allylic oxidation sites excluding steroid dienone is 2. The molecule has 0 bridgehead atoms. The number of hydrogen-bond acceptors (Lipinski definition) is 3. The van der Waals surface area contributed by atoms with E-state index >= 15 is 0 Å². The Morgan fingerprint density at radius 1 is 1.09 bits per heavy atom. The summed E-state index contributed by atoms with van der Waals surface area (Å²) in [6.07, 6.45) is 5.39. The second kappa shape index (κ2) is 4.98. The number of hydrogen-bond donors (Lipinski definition) is 1. The van der Waals surface area contributed by atoms with E-state index in [1.54, 1.807) is 12.1 Å². The normalized spacial score (nSPS) is 25.2. The zero-order valence-electron chi connectivity index (χ0n) is 12.0. The molecule has 4 rings (SSSR count). The lowest BCUT2D eigenvalue weighted by Gasteiger charge is -2.37. The van der Waals surface area contributed by atoms with E-state index in [0.29, 0.717) is 11.6 Å². The predicted molar refractivity (Wildman–Crippen MR) is 85.9 cm³/mol. The standard InChI is InChI=1S/C18H16N2O2/c21-20(22)16-11-5-10-15-13-8-4-9-14(13)17(19-18(15)16)12-6-2-1-3-7-12/h1-8,10-11,13-14,17,19H,9H2. The summed E-state index contributed by atoms with van der Waals surface area (Å²) in [5.41, 5.74) is 3.07. The highest BCUT2D eigenvalue weighted by molar-refractivity contribution is 5.71. The Balaban J connectivity index is 1.85. The molecule has 0 aromatic heterocycles. The first-order chi connectivity index (χ1) is 10.8. The second-order valence-electron chi connectivity index (χ2n) is 5.88. The third-order valence-corrected chi connectivity index (χ3v) is 4.73. The van der Waals surface area contributed by atoms with Crippen LogP contribution in [-0.4, -0.2) is 4.92 Å². The van der Waals surface area contributed by atoms with Crippen LogP contribution < -0.4 is 5.32 Å². The van der Waals surface area contributed by atoms with E-state index in [2.05, 4.69) is 29.6 Å². The van der Waals surface area contributed by atoms with Crippen molar-refractivity contribution in [3.05, 3.63) is 81.9 Å². The zero-order valence-corrected chi connectivity index (χ0v) is 12.0.